The number of carbonyl (C=O) groups excluding carboxylic acids is 1. The van der Waals surface area contributed by atoms with Crippen molar-refractivity contribution in [1.29, 1.82) is 0 Å². The number of likely N-dealkylation sites (N-methyl/N-ethyl adjacent to an activating group) is 1. The van der Waals surface area contributed by atoms with Crippen LogP contribution in [0.4, 0.5) is 5.88 Å². The average Bonchev–Trinajstić information content (AvgIpc) is 2.94. The van der Waals surface area contributed by atoms with Gasteiger partial charge in [-0.1, -0.05) is 16.8 Å². The Bertz CT molecular complexity index is 635. The van der Waals surface area contributed by atoms with Crippen LogP contribution in [0.5, 0.6) is 0 Å². The highest BCUT2D eigenvalue weighted by atomic mass is 35.5. The molecule has 0 aliphatic rings. The van der Waals surface area contributed by atoms with E-state index >= 15 is 0 Å². The van der Waals surface area contributed by atoms with E-state index in [2.05, 4.69) is 10.5 Å². The number of anilines is 1. The van der Waals surface area contributed by atoms with E-state index < -0.39 is 0 Å². The number of nitrogens with zero attached hydrogens (tertiary/aromatic N) is 3. The monoisotopic (exact) mass is 310 g/mol. The van der Waals surface area contributed by atoms with Crippen LogP contribution in [0, 0.1) is 6.92 Å². The number of amides is 1. The van der Waals surface area contributed by atoms with E-state index in [4.69, 9.17) is 16.1 Å². The lowest BCUT2D eigenvalue weighted by molar-refractivity contribution is -0.120. The van der Waals surface area contributed by atoms with Crippen LogP contribution in [-0.2, 0) is 18.4 Å². The largest absolute Gasteiger partial charge is 0.352 e. The van der Waals surface area contributed by atoms with Gasteiger partial charge in [0.15, 0.2) is 0 Å². The summed E-state index contributed by atoms with van der Waals surface area (Å²) in [5.41, 5.74) is 1.77. The number of halogens is 1. The van der Waals surface area contributed by atoms with Gasteiger partial charge in [0.05, 0.1) is 16.8 Å². The predicted molar refractivity (Wildman–Crippen MR) is 81.2 cm³/mol. The van der Waals surface area contributed by atoms with Crippen molar-refractivity contribution in [2.24, 2.45) is 7.05 Å². The molecule has 2 aromatic heterocycles. The summed E-state index contributed by atoms with van der Waals surface area (Å²) >= 11 is 5.96. The van der Waals surface area contributed by atoms with Crippen molar-refractivity contribution in [3.8, 4) is 0 Å². The van der Waals surface area contributed by atoms with Crippen LogP contribution >= 0.6 is 11.6 Å². The normalized spacial score (nSPS) is 12.7. The summed E-state index contributed by atoms with van der Waals surface area (Å²) in [5.74, 6) is 0.216. The van der Waals surface area contributed by atoms with Gasteiger partial charge in [-0.2, -0.15) is 0 Å². The molecule has 1 amide bonds. The van der Waals surface area contributed by atoms with Crippen molar-refractivity contribution in [2.45, 2.75) is 26.4 Å². The molecule has 0 radical (unpaired) electrons. The van der Waals surface area contributed by atoms with Crippen molar-refractivity contribution in [3.63, 3.8) is 0 Å². The number of nitrogens with one attached hydrogen (secondary N) is 1. The summed E-state index contributed by atoms with van der Waals surface area (Å²) < 4.78 is 6.93. The molecule has 7 heteroatoms. The van der Waals surface area contributed by atoms with Crippen molar-refractivity contribution in [3.05, 3.63) is 34.7 Å². The molecule has 0 aliphatic heterocycles. The number of aromatic nitrogens is 2. The van der Waals surface area contributed by atoms with E-state index in [1.165, 1.54) is 0 Å². The van der Waals surface area contributed by atoms with Gasteiger partial charge in [0.1, 0.15) is 0 Å². The molecule has 1 atom stereocenters. The minimum atomic E-state index is -0.316. The number of hydrogen-bond acceptors (Lipinski definition) is 4. The highest BCUT2D eigenvalue weighted by molar-refractivity contribution is 6.30. The summed E-state index contributed by atoms with van der Waals surface area (Å²) in [7, 11) is 3.81. The zero-order valence-corrected chi connectivity index (χ0v) is 13.3. The highest BCUT2D eigenvalue weighted by Gasteiger charge is 2.20. The quantitative estimate of drug-likeness (QED) is 0.921. The Morgan fingerprint density at radius 3 is 2.81 bits per heavy atom. The maximum Gasteiger partial charge on any atom is 0.243 e. The third kappa shape index (κ3) is 3.86. The third-order valence-electron chi connectivity index (χ3n) is 3.40. The van der Waals surface area contributed by atoms with Crippen molar-refractivity contribution in [2.75, 3.05) is 12.4 Å². The topological polar surface area (TPSA) is 63.3 Å². The molecule has 2 aromatic rings. The molecule has 0 saturated carbocycles. The Kier molecular flexibility index (Phi) is 4.69. The van der Waals surface area contributed by atoms with Gasteiger partial charge in [-0.05, 0) is 27.0 Å². The molecule has 0 aromatic carbocycles. The van der Waals surface area contributed by atoms with Crippen molar-refractivity contribution >= 4 is 23.4 Å². The molecule has 0 saturated heterocycles. The second-order valence-electron chi connectivity index (χ2n) is 5.17. The second kappa shape index (κ2) is 6.32. The highest BCUT2D eigenvalue weighted by Crippen LogP contribution is 2.16. The summed E-state index contributed by atoms with van der Waals surface area (Å²) in [4.78, 5) is 14.1. The molecule has 0 spiro atoms. The number of carbonyl (C=O) groups is 1. The molecule has 0 bridgehead atoms. The van der Waals surface area contributed by atoms with Crippen LogP contribution < -0.4 is 5.32 Å². The molecule has 2 rings (SSSR count). The molecular weight excluding hydrogens is 292 g/mol. The standard InChI is InChI=1S/C14H19ClN4O2/c1-9-5-13(21-17-9)16-14(20)10(2)18(3)8-12-6-11(15)7-19(12)4/h5-7,10H,8H2,1-4H3,(H,16,20). The van der Waals surface area contributed by atoms with Gasteiger partial charge in [-0.25, -0.2) is 0 Å². The number of rotatable bonds is 5. The van der Waals surface area contributed by atoms with Crippen LogP contribution in [0.15, 0.2) is 22.9 Å². The van der Waals surface area contributed by atoms with E-state index in [1.807, 2.05) is 42.7 Å². The molecule has 21 heavy (non-hydrogen) atoms. The Hall–Kier alpha value is -1.79. The van der Waals surface area contributed by atoms with Crippen LogP contribution in [0.3, 0.4) is 0 Å². The fourth-order valence-corrected chi connectivity index (χ4v) is 2.24. The number of aryl methyl sites for hydroxylation is 2. The molecule has 1 unspecified atom stereocenters. The predicted octanol–water partition coefficient (Wildman–Crippen LogP) is 2.43. The van der Waals surface area contributed by atoms with E-state index in [0.29, 0.717) is 17.5 Å². The fourth-order valence-electron chi connectivity index (χ4n) is 1.96. The van der Waals surface area contributed by atoms with Gasteiger partial charge in [0.25, 0.3) is 0 Å². The Balaban J connectivity index is 1.96. The van der Waals surface area contributed by atoms with Gasteiger partial charge in [-0.15, -0.1) is 0 Å². The maximum atomic E-state index is 12.2. The third-order valence-corrected chi connectivity index (χ3v) is 3.61. The van der Waals surface area contributed by atoms with Gasteiger partial charge in [0.2, 0.25) is 11.8 Å². The smallest absolute Gasteiger partial charge is 0.243 e. The van der Waals surface area contributed by atoms with Crippen molar-refractivity contribution in [1.82, 2.24) is 14.6 Å². The van der Waals surface area contributed by atoms with Crippen LogP contribution in [0.2, 0.25) is 5.02 Å². The zero-order valence-electron chi connectivity index (χ0n) is 12.6. The van der Waals surface area contributed by atoms with E-state index in [9.17, 15) is 4.79 Å². The zero-order chi connectivity index (χ0) is 15.6. The second-order valence-corrected chi connectivity index (χ2v) is 5.61. The molecule has 0 fully saturated rings. The maximum absolute atomic E-state index is 12.2. The van der Waals surface area contributed by atoms with E-state index in [0.717, 1.165) is 11.4 Å². The molecular formula is C14H19ClN4O2. The fraction of sp³-hybridized carbons (Fsp3) is 0.429. The van der Waals surface area contributed by atoms with Crippen LogP contribution in [0.25, 0.3) is 0 Å². The molecule has 2 heterocycles. The first-order valence-corrected chi connectivity index (χ1v) is 6.99. The van der Waals surface area contributed by atoms with Gasteiger partial charge in [0, 0.05) is 31.5 Å². The number of hydrogen-bond donors (Lipinski definition) is 1. The van der Waals surface area contributed by atoms with E-state index in [1.54, 1.807) is 13.0 Å². The lowest BCUT2D eigenvalue weighted by Gasteiger charge is -2.23. The lowest BCUT2D eigenvalue weighted by Crippen LogP contribution is -2.39. The summed E-state index contributed by atoms with van der Waals surface area (Å²) in [6.07, 6.45) is 1.84. The summed E-state index contributed by atoms with van der Waals surface area (Å²) in [5, 5.41) is 7.13. The summed E-state index contributed by atoms with van der Waals surface area (Å²) in [6.45, 7) is 4.25. The Morgan fingerprint density at radius 1 is 1.57 bits per heavy atom. The van der Waals surface area contributed by atoms with E-state index in [-0.39, 0.29) is 11.9 Å². The molecule has 6 nitrogen and oxygen atoms in total. The minimum absolute atomic E-state index is 0.144. The van der Waals surface area contributed by atoms with Gasteiger partial charge < -0.3 is 9.09 Å². The first-order chi connectivity index (χ1) is 9.86. The average molecular weight is 311 g/mol. The first kappa shape index (κ1) is 15.6. The lowest BCUT2D eigenvalue weighted by atomic mass is 10.2. The SMILES string of the molecule is Cc1cc(NC(=O)C(C)N(C)Cc2cc(Cl)cn2C)on1. The van der Waals surface area contributed by atoms with Crippen molar-refractivity contribution < 1.29 is 9.32 Å². The van der Waals surface area contributed by atoms with Crippen LogP contribution in [-0.4, -0.2) is 33.6 Å². The van der Waals surface area contributed by atoms with Gasteiger partial charge >= 0.3 is 0 Å². The molecule has 0 aliphatic carbocycles. The first-order valence-electron chi connectivity index (χ1n) is 6.62. The van der Waals surface area contributed by atoms with Crippen LogP contribution in [0.1, 0.15) is 18.3 Å². The Labute approximate surface area is 128 Å². The molecule has 1 N–H and O–H groups in total. The molecule has 114 valence electrons. The Morgan fingerprint density at radius 2 is 2.29 bits per heavy atom. The summed E-state index contributed by atoms with van der Waals surface area (Å²) in [6, 6.07) is 3.26. The minimum Gasteiger partial charge on any atom is -0.352 e. The van der Waals surface area contributed by atoms with Gasteiger partial charge in [-0.3, -0.25) is 15.0 Å².